The van der Waals surface area contributed by atoms with Gasteiger partial charge in [-0.25, -0.2) is 5.43 Å². The van der Waals surface area contributed by atoms with Crippen molar-refractivity contribution in [2.24, 2.45) is 5.10 Å². The zero-order valence-electron chi connectivity index (χ0n) is 19.5. The number of nitrogens with one attached hydrogen (secondary N) is 2. The van der Waals surface area contributed by atoms with Crippen molar-refractivity contribution >= 4 is 35.4 Å². The number of phenolic OH excluding ortho intramolecular Hbond substituents is 1. The lowest BCUT2D eigenvalue weighted by Gasteiger charge is -2.27. The van der Waals surface area contributed by atoms with Gasteiger partial charge in [0.05, 0.1) is 19.4 Å². The number of nitrogens with zero attached hydrogens (tertiary/aromatic N) is 6. The Labute approximate surface area is 199 Å². The number of benzene rings is 2. The first-order valence-corrected chi connectivity index (χ1v) is 11.4. The van der Waals surface area contributed by atoms with Gasteiger partial charge < -0.3 is 25.0 Å². The molecule has 3 N–H and O–H groups in total. The van der Waals surface area contributed by atoms with Gasteiger partial charge >= 0.3 is 0 Å². The van der Waals surface area contributed by atoms with Crippen molar-refractivity contribution in [2.75, 3.05) is 59.9 Å². The number of hydrogen-bond donors (Lipinski definition) is 3. The molecular formula is C24H30N8O2. The summed E-state index contributed by atoms with van der Waals surface area (Å²) in [5, 5.41) is 17.9. The van der Waals surface area contributed by atoms with Gasteiger partial charge in [0, 0.05) is 49.2 Å². The van der Waals surface area contributed by atoms with Gasteiger partial charge in [0.15, 0.2) is 0 Å². The SMILES string of the molecule is CCN(CC)c1ccc(/C=N\Nc2nc(Nc3ccccc3)nc(N3CCOCC3)n2)c(O)c1. The minimum atomic E-state index is 0.158. The quantitative estimate of drug-likeness (QED) is 0.325. The van der Waals surface area contributed by atoms with Crippen LogP contribution in [0.5, 0.6) is 5.75 Å². The highest BCUT2D eigenvalue weighted by Crippen LogP contribution is 2.24. The highest BCUT2D eigenvalue weighted by Gasteiger charge is 2.17. The minimum absolute atomic E-state index is 0.158. The van der Waals surface area contributed by atoms with Crippen molar-refractivity contribution in [1.29, 1.82) is 0 Å². The van der Waals surface area contributed by atoms with Crippen LogP contribution < -0.4 is 20.5 Å². The molecule has 3 aromatic rings. The fraction of sp³-hybridized carbons (Fsp3) is 0.333. The Morgan fingerprint density at radius 2 is 1.76 bits per heavy atom. The van der Waals surface area contributed by atoms with E-state index in [9.17, 15) is 5.11 Å². The van der Waals surface area contributed by atoms with E-state index in [1.807, 2.05) is 47.4 Å². The van der Waals surface area contributed by atoms with Crippen LogP contribution in [0.15, 0.2) is 53.6 Å². The van der Waals surface area contributed by atoms with Crippen molar-refractivity contribution in [3.63, 3.8) is 0 Å². The molecule has 2 heterocycles. The molecule has 0 unspecified atom stereocenters. The molecule has 0 aliphatic carbocycles. The molecule has 0 bridgehead atoms. The predicted molar refractivity (Wildman–Crippen MR) is 135 cm³/mol. The summed E-state index contributed by atoms with van der Waals surface area (Å²) in [6, 6.07) is 15.3. The standard InChI is InChI=1S/C24H30N8O2/c1-3-31(4-2)20-11-10-18(21(33)16-20)17-25-30-23-27-22(26-19-8-6-5-7-9-19)28-24(29-23)32-12-14-34-15-13-32/h5-11,16-17,33H,3-4,12-15H2,1-2H3,(H2,26,27,28,29,30)/b25-17-. The first kappa shape index (κ1) is 23.2. The molecule has 0 saturated carbocycles. The minimum Gasteiger partial charge on any atom is -0.507 e. The number of aromatic nitrogens is 3. The molecule has 1 saturated heterocycles. The van der Waals surface area contributed by atoms with Crippen LogP contribution in [-0.4, -0.2) is 65.7 Å². The van der Waals surface area contributed by atoms with Gasteiger partial charge in [-0.05, 0) is 38.1 Å². The molecule has 2 aromatic carbocycles. The van der Waals surface area contributed by atoms with Crippen molar-refractivity contribution in [1.82, 2.24) is 15.0 Å². The van der Waals surface area contributed by atoms with Crippen molar-refractivity contribution < 1.29 is 9.84 Å². The van der Waals surface area contributed by atoms with Gasteiger partial charge in [0.1, 0.15) is 5.75 Å². The largest absolute Gasteiger partial charge is 0.507 e. The summed E-state index contributed by atoms with van der Waals surface area (Å²) in [6.07, 6.45) is 1.55. The Hall–Kier alpha value is -3.92. The Bertz CT molecular complexity index is 1100. The second-order valence-corrected chi connectivity index (χ2v) is 7.66. The molecule has 4 rings (SSSR count). The first-order valence-electron chi connectivity index (χ1n) is 11.4. The third-order valence-corrected chi connectivity index (χ3v) is 5.46. The van der Waals surface area contributed by atoms with E-state index in [-0.39, 0.29) is 5.75 Å². The van der Waals surface area contributed by atoms with E-state index in [1.54, 1.807) is 12.3 Å². The van der Waals surface area contributed by atoms with E-state index in [2.05, 4.69) is 49.5 Å². The van der Waals surface area contributed by atoms with Gasteiger partial charge in [-0.3, -0.25) is 0 Å². The fourth-order valence-corrected chi connectivity index (χ4v) is 3.61. The summed E-state index contributed by atoms with van der Waals surface area (Å²) in [6.45, 7) is 8.55. The van der Waals surface area contributed by atoms with Crippen LogP contribution in [0.3, 0.4) is 0 Å². The van der Waals surface area contributed by atoms with Gasteiger partial charge in [0.25, 0.3) is 0 Å². The maximum Gasteiger partial charge on any atom is 0.250 e. The molecule has 0 radical (unpaired) electrons. The summed E-state index contributed by atoms with van der Waals surface area (Å²) < 4.78 is 5.45. The molecule has 1 aliphatic rings. The normalized spacial score (nSPS) is 13.8. The van der Waals surface area contributed by atoms with Crippen LogP contribution in [0.2, 0.25) is 0 Å². The lowest BCUT2D eigenvalue weighted by Crippen LogP contribution is -2.37. The second kappa shape index (κ2) is 11.3. The molecular weight excluding hydrogens is 432 g/mol. The number of para-hydroxylation sites is 1. The predicted octanol–water partition coefficient (Wildman–Crippen LogP) is 3.45. The van der Waals surface area contributed by atoms with Crippen LogP contribution in [0.25, 0.3) is 0 Å². The number of hydrogen-bond acceptors (Lipinski definition) is 10. The lowest BCUT2D eigenvalue weighted by atomic mass is 10.2. The van der Waals surface area contributed by atoms with Crippen LogP contribution >= 0.6 is 0 Å². The molecule has 1 fully saturated rings. The molecule has 10 nitrogen and oxygen atoms in total. The molecule has 0 amide bonds. The lowest BCUT2D eigenvalue weighted by molar-refractivity contribution is 0.122. The van der Waals surface area contributed by atoms with E-state index in [4.69, 9.17) is 4.74 Å². The average Bonchev–Trinajstić information content (AvgIpc) is 2.87. The third kappa shape index (κ3) is 5.90. The van der Waals surface area contributed by atoms with Gasteiger partial charge in [-0.15, -0.1) is 0 Å². The van der Waals surface area contributed by atoms with Crippen LogP contribution in [0.4, 0.5) is 29.2 Å². The Morgan fingerprint density at radius 1 is 1.03 bits per heavy atom. The average molecular weight is 463 g/mol. The van der Waals surface area contributed by atoms with Gasteiger partial charge in [-0.1, -0.05) is 18.2 Å². The van der Waals surface area contributed by atoms with E-state index in [1.165, 1.54) is 0 Å². The van der Waals surface area contributed by atoms with Crippen LogP contribution in [0, 0.1) is 0 Å². The maximum absolute atomic E-state index is 10.4. The Balaban J connectivity index is 1.53. The molecule has 1 aliphatic heterocycles. The van der Waals surface area contributed by atoms with E-state index in [0.29, 0.717) is 49.7 Å². The second-order valence-electron chi connectivity index (χ2n) is 7.66. The maximum atomic E-state index is 10.4. The number of ether oxygens (including phenoxy) is 1. The highest BCUT2D eigenvalue weighted by molar-refractivity contribution is 5.84. The van der Waals surface area contributed by atoms with Gasteiger partial charge in [0.2, 0.25) is 17.8 Å². The smallest absolute Gasteiger partial charge is 0.250 e. The van der Waals surface area contributed by atoms with E-state index >= 15 is 0 Å². The zero-order valence-corrected chi connectivity index (χ0v) is 19.5. The third-order valence-electron chi connectivity index (χ3n) is 5.46. The molecule has 0 atom stereocenters. The zero-order chi connectivity index (χ0) is 23.8. The number of hydrazone groups is 1. The highest BCUT2D eigenvalue weighted by atomic mass is 16.5. The fourth-order valence-electron chi connectivity index (χ4n) is 3.61. The van der Waals surface area contributed by atoms with E-state index in [0.717, 1.165) is 24.5 Å². The van der Waals surface area contributed by atoms with Crippen molar-refractivity contribution in [3.8, 4) is 5.75 Å². The van der Waals surface area contributed by atoms with Gasteiger partial charge in [-0.2, -0.15) is 20.1 Å². The Morgan fingerprint density at radius 3 is 2.47 bits per heavy atom. The summed E-state index contributed by atoms with van der Waals surface area (Å²) in [4.78, 5) is 17.8. The number of morpholine rings is 1. The van der Waals surface area contributed by atoms with E-state index < -0.39 is 0 Å². The summed E-state index contributed by atoms with van der Waals surface area (Å²) in [7, 11) is 0. The summed E-state index contributed by atoms with van der Waals surface area (Å²) in [5.41, 5.74) is 5.30. The number of anilines is 5. The number of aromatic hydroxyl groups is 1. The first-order chi connectivity index (χ1) is 16.7. The molecule has 34 heavy (non-hydrogen) atoms. The molecule has 1 aromatic heterocycles. The van der Waals surface area contributed by atoms with Crippen molar-refractivity contribution in [3.05, 3.63) is 54.1 Å². The molecule has 0 spiro atoms. The molecule has 10 heteroatoms. The monoisotopic (exact) mass is 462 g/mol. The topological polar surface area (TPSA) is 111 Å². The Kier molecular flexibility index (Phi) is 7.71. The summed E-state index contributed by atoms with van der Waals surface area (Å²) in [5.74, 6) is 1.41. The number of phenols is 1. The summed E-state index contributed by atoms with van der Waals surface area (Å²) >= 11 is 0. The van der Waals surface area contributed by atoms with Crippen LogP contribution in [-0.2, 0) is 4.74 Å². The van der Waals surface area contributed by atoms with Crippen molar-refractivity contribution in [2.45, 2.75) is 13.8 Å². The number of rotatable bonds is 9. The molecule has 178 valence electrons. The van der Waals surface area contributed by atoms with Crippen LogP contribution in [0.1, 0.15) is 19.4 Å².